The van der Waals surface area contributed by atoms with Gasteiger partial charge in [0.2, 0.25) is 5.91 Å². The van der Waals surface area contributed by atoms with Crippen molar-refractivity contribution in [2.24, 2.45) is 0 Å². The molecule has 102 valence electrons. The van der Waals surface area contributed by atoms with Crippen LogP contribution in [0.15, 0.2) is 65.3 Å². The Bertz CT molecular complexity index is 602. The molecule has 0 saturated heterocycles. The third-order valence-corrected chi connectivity index (χ3v) is 2.62. The molecule has 0 aliphatic rings. The topological polar surface area (TPSA) is 79.5 Å². The second kappa shape index (κ2) is 6.38. The number of hydrogen-bond donors (Lipinski definition) is 2. The highest BCUT2D eigenvalue weighted by Crippen LogP contribution is 2.22. The van der Waals surface area contributed by atoms with Gasteiger partial charge >= 0.3 is 5.97 Å². The lowest BCUT2D eigenvalue weighted by molar-refractivity contribution is -0.131. The third kappa shape index (κ3) is 3.58. The van der Waals surface area contributed by atoms with E-state index in [1.54, 1.807) is 12.1 Å². The van der Waals surface area contributed by atoms with E-state index in [1.807, 2.05) is 30.3 Å². The predicted molar refractivity (Wildman–Crippen MR) is 71.9 cm³/mol. The van der Waals surface area contributed by atoms with E-state index in [0.717, 1.165) is 17.7 Å². The average molecular weight is 271 g/mol. The summed E-state index contributed by atoms with van der Waals surface area (Å²) < 4.78 is 5.32. The van der Waals surface area contributed by atoms with Crippen molar-refractivity contribution in [3.63, 3.8) is 0 Å². The molecule has 1 aromatic carbocycles. The zero-order chi connectivity index (χ0) is 14.4. The van der Waals surface area contributed by atoms with Crippen LogP contribution in [0.3, 0.4) is 0 Å². The average Bonchev–Trinajstić information content (AvgIpc) is 2.97. The number of carboxylic acid groups (broad SMARTS) is 1. The van der Waals surface area contributed by atoms with Crippen LogP contribution in [-0.2, 0) is 9.59 Å². The number of hydrogen-bond acceptors (Lipinski definition) is 3. The zero-order valence-corrected chi connectivity index (χ0v) is 10.5. The minimum Gasteiger partial charge on any atom is -0.478 e. The monoisotopic (exact) mass is 271 g/mol. The number of aliphatic carboxylic acids is 1. The van der Waals surface area contributed by atoms with Gasteiger partial charge < -0.3 is 14.8 Å². The molecule has 2 rings (SSSR count). The van der Waals surface area contributed by atoms with Crippen molar-refractivity contribution in [2.75, 3.05) is 0 Å². The van der Waals surface area contributed by atoms with Crippen LogP contribution in [0, 0.1) is 0 Å². The highest BCUT2D eigenvalue weighted by molar-refractivity contribution is 5.94. The van der Waals surface area contributed by atoms with Crippen LogP contribution in [-0.4, -0.2) is 17.0 Å². The van der Waals surface area contributed by atoms with E-state index >= 15 is 0 Å². The Morgan fingerprint density at radius 3 is 2.45 bits per heavy atom. The fourth-order valence-electron chi connectivity index (χ4n) is 1.76. The van der Waals surface area contributed by atoms with Gasteiger partial charge in [-0.25, -0.2) is 4.79 Å². The molecule has 2 N–H and O–H groups in total. The van der Waals surface area contributed by atoms with E-state index in [-0.39, 0.29) is 0 Å². The van der Waals surface area contributed by atoms with E-state index in [9.17, 15) is 9.59 Å². The summed E-state index contributed by atoms with van der Waals surface area (Å²) in [6, 6.07) is 12.3. The van der Waals surface area contributed by atoms with Gasteiger partial charge in [0, 0.05) is 12.2 Å². The smallest absolute Gasteiger partial charge is 0.328 e. The van der Waals surface area contributed by atoms with Crippen molar-refractivity contribution in [1.82, 2.24) is 5.32 Å². The predicted octanol–water partition coefficient (Wildman–Crippen LogP) is 2.13. The Morgan fingerprint density at radius 2 is 1.85 bits per heavy atom. The van der Waals surface area contributed by atoms with Crippen molar-refractivity contribution in [2.45, 2.75) is 6.04 Å². The largest absolute Gasteiger partial charge is 0.478 e. The van der Waals surface area contributed by atoms with Crippen LogP contribution in [0.25, 0.3) is 0 Å². The third-order valence-electron chi connectivity index (χ3n) is 2.62. The molecule has 2 aromatic rings. The van der Waals surface area contributed by atoms with Crippen LogP contribution < -0.4 is 5.32 Å². The Kier molecular flexibility index (Phi) is 4.34. The van der Waals surface area contributed by atoms with Crippen molar-refractivity contribution in [1.29, 1.82) is 0 Å². The van der Waals surface area contributed by atoms with Crippen molar-refractivity contribution in [3.8, 4) is 0 Å². The Balaban J connectivity index is 2.21. The molecule has 5 heteroatoms. The molecule has 1 unspecified atom stereocenters. The molecule has 0 radical (unpaired) electrons. The van der Waals surface area contributed by atoms with Crippen molar-refractivity contribution < 1.29 is 19.1 Å². The second-order valence-corrected chi connectivity index (χ2v) is 4.04. The molecule has 5 nitrogen and oxygen atoms in total. The van der Waals surface area contributed by atoms with Crippen LogP contribution in [0.5, 0.6) is 0 Å². The first-order valence-electron chi connectivity index (χ1n) is 5.96. The summed E-state index contributed by atoms with van der Waals surface area (Å²) in [5.74, 6) is -1.10. The molecule has 0 fully saturated rings. The number of carboxylic acids is 1. The molecule has 0 saturated carbocycles. The van der Waals surface area contributed by atoms with Gasteiger partial charge in [-0.3, -0.25) is 4.79 Å². The molecule has 0 aliphatic heterocycles. The Hall–Kier alpha value is -2.82. The number of rotatable bonds is 5. The van der Waals surface area contributed by atoms with Crippen LogP contribution in [0.2, 0.25) is 0 Å². The van der Waals surface area contributed by atoms with Gasteiger partial charge in [0.05, 0.1) is 6.26 Å². The molecule has 20 heavy (non-hydrogen) atoms. The summed E-state index contributed by atoms with van der Waals surface area (Å²) in [4.78, 5) is 22.1. The lowest BCUT2D eigenvalue weighted by atomic mass is 10.0. The highest BCUT2D eigenvalue weighted by atomic mass is 16.4. The standard InChI is InChI=1S/C15H13NO4/c17-13(8-9-14(18)19)16-15(12-7-4-10-20-12)11-5-2-1-3-6-11/h1-10,15H,(H,16,17)(H,18,19)/b9-8+. The zero-order valence-electron chi connectivity index (χ0n) is 10.5. The minimum atomic E-state index is -1.17. The summed E-state index contributed by atoms with van der Waals surface area (Å²) >= 11 is 0. The van der Waals surface area contributed by atoms with Gasteiger partial charge in [0.1, 0.15) is 11.8 Å². The van der Waals surface area contributed by atoms with Crippen LogP contribution >= 0.6 is 0 Å². The first kappa shape index (κ1) is 13.6. The van der Waals surface area contributed by atoms with Gasteiger partial charge in [0.25, 0.3) is 0 Å². The van der Waals surface area contributed by atoms with E-state index in [4.69, 9.17) is 9.52 Å². The maximum absolute atomic E-state index is 11.7. The number of nitrogens with one attached hydrogen (secondary N) is 1. The highest BCUT2D eigenvalue weighted by Gasteiger charge is 2.18. The lowest BCUT2D eigenvalue weighted by Gasteiger charge is -2.15. The van der Waals surface area contributed by atoms with Gasteiger partial charge in [-0.05, 0) is 17.7 Å². The molecular formula is C15H13NO4. The van der Waals surface area contributed by atoms with E-state index in [2.05, 4.69) is 5.32 Å². The molecule has 0 aliphatic carbocycles. The number of benzene rings is 1. The van der Waals surface area contributed by atoms with Gasteiger partial charge in [-0.15, -0.1) is 0 Å². The molecule has 0 bridgehead atoms. The van der Waals surface area contributed by atoms with Crippen LogP contribution in [0.1, 0.15) is 17.4 Å². The summed E-state index contributed by atoms with van der Waals surface area (Å²) in [7, 11) is 0. The quantitative estimate of drug-likeness (QED) is 0.816. The van der Waals surface area contributed by atoms with Gasteiger partial charge in [0.15, 0.2) is 0 Å². The summed E-state index contributed by atoms with van der Waals surface area (Å²) in [6.45, 7) is 0. The number of furan rings is 1. The fourth-order valence-corrected chi connectivity index (χ4v) is 1.76. The normalized spacial score (nSPS) is 12.2. The van der Waals surface area contributed by atoms with Crippen LogP contribution in [0.4, 0.5) is 0 Å². The minimum absolute atomic E-state index is 0.461. The first-order chi connectivity index (χ1) is 9.66. The van der Waals surface area contributed by atoms with Gasteiger partial charge in [-0.2, -0.15) is 0 Å². The Labute approximate surface area is 115 Å². The number of amides is 1. The summed E-state index contributed by atoms with van der Waals surface area (Å²) in [5.41, 5.74) is 0.847. The fraction of sp³-hybridized carbons (Fsp3) is 0.0667. The van der Waals surface area contributed by atoms with E-state index in [0.29, 0.717) is 5.76 Å². The van der Waals surface area contributed by atoms with Gasteiger partial charge in [-0.1, -0.05) is 30.3 Å². The lowest BCUT2D eigenvalue weighted by Crippen LogP contribution is -2.27. The number of carbonyl (C=O) groups is 2. The second-order valence-electron chi connectivity index (χ2n) is 4.04. The summed E-state index contributed by atoms with van der Waals surface area (Å²) in [5, 5.41) is 11.2. The maximum atomic E-state index is 11.7. The maximum Gasteiger partial charge on any atom is 0.328 e. The summed E-state index contributed by atoms with van der Waals surface area (Å²) in [6.07, 6.45) is 3.28. The Morgan fingerprint density at radius 1 is 1.10 bits per heavy atom. The molecule has 1 aromatic heterocycles. The molecule has 1 amide bonds. The van der Waals surface area contributed by atoms with E-state index < -0.39 is 17.9 Å². The van der Waals surface area contributed by atoms with Crippen molar-refractivity contribution in [3.05, 3.63) is 72.2 Å². The van der Waals surface area contributed by atoms with E-state index in [1.165, 1.54) is 6.26 Å². The molecular weight excluding hydrogens is 258 g/mol. The molecule has 0 spiro atoms. The molecule has 1 heterocycles. The first-order valence-corrected chi connectivity index (χ1v) is 5.96. The SMILES string of the molecule is O=C(O)/C=C/C(=O)NC(c1ccccc1)c1ccco1. The number of carbonyl (C=O) groups excluding carboxylic acids is 1. The van der Waals surface area contributed by atoms with Crippen molar-refractivity contribution >= 4 is 11.9 Å². The molecule has 1 atom stereocenters.